The maximum absolute atomic E-state index is 13.5. The fraction of sp³-hybridized carbons (Fsp3) is 0.286. The highest BCUT2D eigenvalue weighted by Gasteiger charge is 2.33. The maximum atomic E-state index is 13.5. The summed E-state index contributed by atoms with van der Waals surface area (Å²) in [5.41, 5.74) is 1.24. The van der Waals surface area contributed by atoms with Gasteiger partial charge >= 0.3 is 0 Å². The molecule has 1 amide bonds. The first-order valence-electron chi connectivity index (χ1n) is 9.02. The molecule has 0 bridgehead atoms. The number of halogens is 1. The van der Waals surface area contributed by atoms with Gasteiger partial charge in [0, 0.05) is 18.5 Å². The molecule has 5 nitrogen and oxygen atoms in total. The van der Waals surface area contributed by atoms with Crippen LogP contribution in [0.25, 0.3) is 10.9 Å². The zero-order chi connectivity index (χ0) is 19.0. The molecule has 1 aliphatic rings. The number of amides is 1. The minimum atomic E-state index is -0.496. The van der Waals surface area contributed by atoms with Crippen molar-refractivity contribution in [3.05, 3.63) is 76.6 Å². The molecule has 0 aliphatic carbocycles. The molecule has 27 heavy (non-hydrogen) atoms. The SMILES string of the molecule is CC1CC(c2ccccc2)CN1C(=O)Cn1cnc2ccc(F)cc2c1=O. The van der Waals surface area contributed by atoms with Crippen molar-refractivity contribution < 1.29 is 9.18 Å². The topological polar surface area (TPSA) is 55.2 Å². The van der Waals surface area contributed by atoms with Crippen LogP contribution >= 0.6 is 0 Å². The van der Waals surface area contributed by atoms with Crippen LogP contribution in [0, 0.1) is 5.82 Å². The first-order valence-corrected chi connectivity index (χ1v) is 9.02. The van der Waals surface area contributed by atoms with Gasteiger partial charge in [0.2, 0.25) is 5.91 Å². The average molecular weight is 365 g/mol. The normalized spacial score (nSPS) is 19.6. The molecule has 2 unspecified atom stereocenters. The summed E-state index contributed by atoms with van der Waals surface area (Å²) in [4.78, 5) is 31.4. The minimum absolute atomic E-state index is 0.0931. The van der Waals surface area contributed by atoms with Crippen LogP contribution in [0.4, 0.5) is 4.39 Å². The predicted octanol–water partition coefficient (Wildman–Crippen LogP) is 2.94. The summed E-state index contributed by atoms with van der Waals surface area (Å²) in [7, 11) is 0. The Bertz CT molecular complexity index is 1050. The molecule has 3 aromatic rings. The van der Waals surface area contributed by atoms with E-state index in [0.29, 0.717) is 18.0 Å². The molecule has 4 rings (SSSR count). The summed E-state index contributed by atoms with van der Waals surface area (Å²) in [5, 5.41) is 0.182. The molecule has 1 saturated heterocycles. The summed E-state index contributed by atoms with van der Waals surface area (Å²) in [6.07, 6.45) is 2.25. The van der Waals surface area contributed by atoms with Crippen molar-refractivity contribution in [2.75, 3.05) is 6.54 Å². The van der Waals surface area contributed by atoms with Crippen molar-refractivity contribution in [1.29, 1.82) is 0 Å². The van der Waals surface area contributed by atoms with Crippen LogP contribution < -0.4 is 5.56 Å². The van der Waals surface area contributed by atoms with E-state index in [9.17, 15) is 14.0 Å². The van der Waals surface area contributed by atoms with Gasteiger partial charge in [-0.1, -0.05) is 30.3 Å². The molecule has 138 valence electrons. The standard InChI is InChI=1S/C21H20FN3O2/c1-14-9-16(15-5-3-2-4-6-15)11-25(14)20(26)12-24-13-23-19-8-7-17(22)10-18(19)21(24)27/h2-8,10,13-14,16H,9,11-12H2,1H3. The Hall–Kier alpha value is -3.02. The smallest absolute Gasteiger partial charge is 0.261 e. The predicted molar refractivity (Wildman–Crippen MR) is 101 cm³/mol. The third-order valence-corrected chi connectivity index (χ3v) is 5.26. The fourth-order valence-corrected chi connectivity index (χ4v) is 3.83. The first kappa shape index (κ1) is 17.4. The van der Waals surface area contributed by atoms with Gasteiger partial charge in [0.1, 0.15) is 12.4 Å². The molecular weight excluding hydrogens is 345 g/mol. The Morgan fingerprint density at radius 3 is 2.78 bits per heavy atom. The first-order chi connectivity index (χ1) is 13.0. The van der Waals surface area contributed by atoms with Gasteiger partial charge in [0.25, 0.3) is 5.56 Å². The van der Waals surface area contributed by atoms with Gasteiger partial charge < -0.3 is 4.90 Å². The quantitative estimate of drug-likeness (QED) is 0.717. The van der Waals surface area contributed by atoms with E-state index in [4.69, 9.17) is 0 Å². The van der Waals surface area contributed by atoms with E-state index in [1.165, 1.54) is 28.6 Å². The van der Waals surface area contributed by atoms with Crippen molar-refractivity contribution in [1.82, 2.24) is 14.5 Å². The monoisotopic (exact) mass is 365 g/mol. The lowest BCUT2D eigenvalue weighted by molar-refractivity contribution is -0.132. The van der Waals surface area contributed by atoms with E-state index >= 15 is 0 Å². The zero-order valence-corrected chi connectivity index (χ0v) is 15.0. The van der Waals surface area contributed by atoms with Gasteiger partial charge in [-0.2, -0.15) is 0 Å². The highest BCUT2D eigenvalue weighted by Crippen LogP contribution is 2.31. The lowest BCUT2D eigenvalue weighted by Gasteiger charge is -2.22. The van der Waals surface area contributed by atoms with E-state index in [1.807, 2.05) is 30.0 Å². The molecule has 0 spiro atoms. The molecule has 0 radical (unpaired) electrons. The van der Waals surface area contributed by atoms with Crippen LogP contribution in [0.1, 0.15) is 24.8 Å². The number of carbonyl (C=O) groups excluding carboxylic acids is 1. The maximum Gasteiger partial charge on any atom is 0.261 e. The summed E-state index contributed by atoms with van der Waals surface area (Å²) in [6, 6.07) is 14.1. The number of aromatic nitrogens is 2. The van der Waals surface area contributed by atoms with Gasteiger partial charge in [-0.05, 0) is 37.1 Å². The number of rotatable bonds is 3. The molecule has 0 N–H and O–H groups in total. The molecule has 2 heterocycles. The van der Waals surface area contributed by atoms with E-state index in [2.05, 4.69) is 17.1 Å². The Morgan fingerprint density at radius 2 is 2.00 bits per heavy atom. The third-order valence-electron chi connectivity index (χ3n) is 5.26. The Morgan fingerprint density at radius 1 is 1.22 bits per heavy atom. The van der Waals surface area contributed by atoms with Crippen molar-refractivity contribution in [3.63, 3.8) is 0 Å². The van der Waals surface area contributed by atoms with Crippen molar-refractivity contribution in [2.24, 2.45) is 0 Å². The van der Waals surface area contributed by atoms with Crippen LogP contribution in [0.3, 0.4) is 0 Å². The van der Waals surface area contributed by atoms with Crippen molar-refractivity contribution in [3.8, 4) is 0 Å². The number of hydrogen-bond donors (Lipinski definition) is 0. The van der Waals surface area contributed by atoms with Crippen LogP contribution in [0.15, 0.2) is 59.7 Å². The Balaban J connectivity index is 1.55. The zero-order valence-electron chi connectivity index (χ0n) is 15.0. The molecular formula is C21H20FN3O2. The van der Waals surface area contributed by atoms with Crippen molar-refractivity contribution >= 4 is 16.8 Å². The summed E-state index contributed by atoms with van der Waals surface area (Å²) < 4.78 is 14.7. The number of hydrogen-bond acceptors (Lipinski definition) is 3. The van der Waals surface area contributed by atoms with E-state index in [-0.39, 0.29) is 23.9 Å². The molecule has 2 atom stereocenters. The Labute approximate surface area is 156 Å². The number of likely N-dealkylation sites (tertiary alicyclic amines) is 1. The fourth-order valence-electron chi connectivity index (χ4n) is 3.83. The van der Waals surface area contributed by atoms with Crippen LogP contribution in [0.5, 0.6) is 0 Å². The lowest BCUT2D eigenvalue weighted by atomic mass is 9.97. The van der Waals surface area contributed by atoms with Crippen molar-refractivity contribution in [2.45, 2.75) is 31.8 Å². The van der Waals surface area contributed by atoms with Gasteiger partial charge in [-0.25, -0.2) is 9.37 Å². The second-order valence-corrected chi connectivity index (χ2v) is 7.08. The summed E-state index contributed by atoms with van der Waals surface area (Å²) >= 11 is 0. The summed E-state index contributed by atoms with van der Waals surface area (Å²) in [5.74, 6) is -0.323. The van der Waals surface area contributed by atoms with Crippen LogP contribution in [-0.4, -0.2) is 32.9 Å². The molecule has 0 saturated carbocycles. The molecule has 6 heteroatoms. The van der Waals surface area contributed by atoms with Gasteiger partial charge in [-0.15, -0.1) is 0 Å². The third kappa shape index (κ3) is 3.35. The second-order valence-electron chi connectivity index (χ2n) is 7.08. The van der Waals surface area contributed by atoms with Crippen LogP contribution in [0.2, 0.25) is 0 Å². The molecule has 1 fully saturated rings. The van der Waals surface area contributed by atoms with E-state index in [1.54, 1.807) is 0 Å². The number of benzene rings is 2. The average Bonchev–Trinajstić information content (AvgIpc) is 3.07. The van der Waals surface area contributed by atoms with E-state index < -0.39 is 11.4 Å². The number of nitrogens with zero attached hydrogens (tertiary/aromatic N) is 3. The largest absolute Gasteiger partial charge is 0.338 e. The highest BCUT2D eigenvalue weighted by atomic mass is 19.1. The molecule has 1 aliphatic heterocycles. The minimum Gasteiger partial charge on any atom is -0.338 e. The number of fused-ring (bicyclic) bond motifs is 1. The second kappa shape index (κ2) is 6.95. The van der Waals surface area contributed by atoms with Crippen LogP contribution in [-0.2, 0) is 11.3 Å². The van der Waals surface area contributed by atoms with Gasteiger partial charge in [0.15, 0.2) is 0 Å². The number of carbonyl (C=O) groups is 1. The van der Waals surface area contributed by atoms with Gasteiger partial charge in [-0.3, -0.25) is 14.2 Å². The highest BCUT2D eigenvalue weighted by molar-refractivity contribution is 5.79. The van der Waals surface area contributed by atoms with E-state index in [0.717, 1.165) is 12.5 Å². The molecule has 2 aromatic carbocycles. The lowest BCUT2D eigenvalue weighted by Crippen LogP contribution is -2.38. The van der Waals surface area contributed by atoms with Gasteiger partial charge in [0.05, 0.1) is 17.2 Å². The Kier molecular flexibility index (Phi) is 4.48. The molecule has 1 aromatic heterocycles. The summed E-state index contributed by atoms with van der Waals surface area (Å²) in [6.45, 7) is 2.57.